The first-order chi connectivity index (χ1) is 14.0. The van der Waals surface area contributed by atoms with Crippen LogP contribution in [0.15, 0.2) is 24.4 Å². The Balaban J connectivity index is 2.26. The molecule has 0 radical (unpaired) electrons. The van der Waals surface area contributed by atoms with Crippen molar-refractivity contribution in [3.8, 4) is 6.07 Å². The van der Waals surface area contributed by atoms with E-state index in [1.807, 2.05) is 19.2 Å². The molecule has 0 saturated carbocycles. The number of nitrogens with one attached hydrogen (secondary N) is 1. The summed E-state index contributed by atoms with van der Waals surface area (Å²) in [6, 6.07) is 6.77. The number of fused-ring (bicyclic) bond motifs is 1. The van der Waals surface area contributed by atoms with E-state index in [1.54, 1.807) is 12.1 Å². The second kappa shape index (κ2) is 8.63. The average Bonchev–Trinajstić information content (AvgIpc) is 2.74. The van der Waals surface area contributed by atoms with Gasteiger partial charge in [0.2, 0.25) is 17.9 Å². The minimum absolute atomic E-state index is 0.311. The Kier molecular flexibility index (Phi) is 6.20. The minimum Gasteiger partial charge on any atom is -0.350 e. The van der Waals surface area contributed by atoms with Crippen LogP contribution in [0, 0.1) is 11.3 Å². The molecule has 3 N–H and O–H groups in total. The van der Waals surface area contributed by atoms with Crippen LogP contribution in [0.1, 0.15) is 35.1 Å². The van der Waals surface area contributed by atoms with Crippen molar-refractivity contribution >= 4 is 17.7 Å². The molecular formula is C20H25N6O3+. The zero-order chi connectivity index (χ0) is 21.0. The van der Waals surface area contributed by atoms with E-state index in [0.717, 1.165) is 24.0 Å². The Morgan fingerprint density at radius 2 is 2.17 bits per heavy atom. The number of hydrogen-bond donors (Lipinski definition) is 2. The van der Waals surface area contributed by atoms with Crippen molar-refractivity contribution in [1.29, 1.82) is 5.26 Å². The molecule has 2 aromatic heterocycles. The number of carbonyl (C=O) groups is 1. The Labute approximate surface area is 169 Å². The molecule has 9 nitrogen and oxygen atoms in total. The lowest BCUT2D eigenvalue weighted by molar-refractivity contribution is -0.109. The highest BCUT2D eigenvalue weighted by Gasteiger charge is 2.47. The number of nitriles is 1. The first-order valence-electron chi connectivity index (χ1n) is 9.30. The normalized spacial score (nSPS) is 18.3. The van der Waals surface area contributed by atoms with Gasteiger partial charge in [0.25, 0.3) is 0 Å². The van der Waals surface area contributed by atoms with Gasteiger partial charge in [-0.1, -0.05) is 0 Å². The van der Waals surface area contributed by atoms with Crippen molar-refractivity contribution in [2.75, 3.05) is 27.8 Å². The van der Waals surface area contributed by atoms with Crippen LogP contribution < -0.4 is 15.5 Å². The van der Waals surface area contributed by atoms with Gasteiger partial charge in [0.15, 0.2) is 0 Å². The Morgan fingerprint density at radius 3 is 2.72 bits per heavy atom. The Bertz CT molecular complexity index is 936. The molecule has 0 spiro atoms. The van der Waals surface area contributed by atoms with Crippen LogP contribution in [0.5, 0.6) is 0 Å². The van der Waals surface area contributed by atoms with Crippen LogP contribution >= 0.6 is 0 Å². The zero-order valence-corrected chi connectivity index (χ0v) is 16.8. The highest BCUT2D eigenvalue weighted by atomic mass is 16.7. The van der Waals surface area contributed by atoms with Crippen LogP contribution in [0.4, 0.5) is 16.4 Å². The monoisotopic (exact) mass is 397 g/mol. The SMILES string of the molecule is CNCc1cc2c(nc1C(OC)OC)[N+](C(N)=O)(c1ccc(C#N)cn1)CCC2. The second-order valence-corrected chi connectivity index (χ2v) is 6.84. The summed E-state index contributed by atoms with van der Waals surface area (Å²) in [4.78, 5) is 22.0. The lowest BCUT2D eigenvalue weighted by atomic mass is 9.99. The molecule has 0 bridgehead atoms. The average molecular weight is 397 g/mol. The highest BCUT2D eigenvalue weighted by Crippen LogP contribution is 2.40. The summed E-state index contributed by atoms with van der Waals surface area (Å²) in [5.41, 5.74) is 8.77. The molecule has 3 rings (SSSR count). The van der Waals surface area contributed by atoms with Crippen molar-refractivity contribution in [1.82, 2.24) is 19.8 Å². The fourth-order valence-electron chi connectivity index (χ4n) is 3.82. The molecule has 152 valence electrons. The summed E-state index contributed by atoms with van der Waals surface area (Å²) >= 11 is 0. The van der Waals surface area contributed by atoms with Gasteiger partial charge in [0.1, 0.15) is 18.3 Å². The summed E-state index contributed by atoms with van der Waals surface area (Å²) in [6.07, 6.45) is 2.27. The lowest BCUT2D eigenvalue weighted by Crippen LogP contribution is -2.56. The van der Waals surface area contributed by atoms with Crippen LogP contribution in [0.25, 0.3) is 0 Å². The van der Waals surface area contributed by atoms with Crippen LogP contribution in [-0.2, 0) is 22.4 Å². The Morgan fingerprint density at radius 1 is 1.41 bits per heavy atom. The molecule has 0 saturated heterocycles. The van der Waals surface area contributed by atoms with Gasteiger partial charge < -0.3 is 20.5 Å². The van der Waals surface area contributed by atoms with E-state index in [4.69, 9.17) is 25.5 Å². The van der Waals surface area contributed by atoms with E-state index in [2.05, 4.69) is 10.3 Å². The standard InChI is InChI=1S/C20H24N6O3/c1-23-12-15-9-14-5-4-8-26(20(22)27,16-7-6-13(10-21)11-24-16)18(14)25-17(15)19(28-2)29-3/h6-7,9,11,19,23H,4-5,8,12H2,1-3H3,(H-,22,27)/p+1. The number of hydrogen-bond acceptors (Lipinski definition) is 7. The third-order valence-electron chi connectivity index (χ3n) is 5.16. The van der Waals surface area contributed by atoms with Gasteiger partial charge in [-0.2, -0.15) is 10.2 Å². The number of aryl methyl sites for hydroxylation is 1. The van der Waals surface area contributed by atoms with E-state index in [1.165, 1.54) is 20.4 Å². The van der Waals surface area contributed by atoms with Gasteiger partial charge in [-0.3, -0.25) is 0 Å². The van der Waals surface area contributed by atoms with Gasteiger partial charge in [0.05, 0.1) is 11.8 Å². The first kappa shape index (κ1) is 20.8. The molecule has 1 aliphatic heterocycles. The van der Waals surface area contributed by atoms with Crippen LogP contribution in [-0.4, -0.2) is 43.8 Å². The molecule has 0 aromatic carbocycles. The molecule has 29 heavy (non-hydrogen) atoms. The number of carbonyl (C=O) groups excluding carboxylic acids is 1. The number of methoxy groups -OCH3 is 2. The smallest absolute Gasteiger partial charge is 0.350 e. The third-order valence-corrected chi connectivity index (χ3v) is 5.16. The molecule has 0 aliphatic carbocycles. The van der Waals surface area contributed by atoms with Gasteiger partial charge in [-0.05, 0) is 31.2 Å². The number of primary amides is 1. The predicted molar refractivity (Wildman–Crippen MR) is 107 cm³/mol. The molecule has 1 aliphatic rings. The zero-order valence-electron chi connectivity index (χ0n) is 16.8. The topological polar surface area (TPSA) is 123 Å². The fraction of sp³-hybridized carbons (Fsp3) is 0.400. The van der Waals surface area contributed by atoms with Crippen molar-refractivity contribution in [3.63, 3.8) is 0 Å². The Hall–Kier alpha value is -2.90. The lowest BCUT2D eigenvalue weighted by Gasteiger charge is -2.36. The van der Waals surface area contributed by atoms with Gasteiger partial charge in [0, 0.05) is 38.8 Å². The van der Waals surface area contributed by atoms with Gasteiger partial charge in [-0.25, -0.2) is 9.78 Å². The van der Waals surface area contributed by atoms with E-state index in [0.29, 0.717) is 36.0 Å². The first-order valence-corrected chi connectivity index (χ1v) is 9.30. The molecule has 9 heteroatoms. The summed E-state index contributed by atoms with van der Waals surface area (Å²) in [6.45, 7) is 1.01. The second-order valence-electron chi connectivity index (χ2n) is 6.84. The number of pyridine rings is 2. The molecule has 2 amide bonds. The summed E-state index contributed by atoms with van der Waals surface area (Å²) in [7, 11) is 4.93. The largest absolute Gasteiger partial charge is 0.426 e. The minimum atomic E-state index is -0.686. The van der Waals surface area contributed by atoms with Crippen LogP contribution in [0.2, 0.25) is 0 Å². The van der Waals surface area contributed by atoms with E-state index in [-0.39, 0.29) is 4.48 Å². The van der Waals surface area contributed by atoms with Crippen molar-refractivity contribution in [2.45, 2.75) is 25.7 Å². The maximum absolute atomic E-state index is 12.8. The van der Waals surface area contributed by atoms with Crippen molar-refractivity contribution in [2.24, 2.45) is 5.73 Å². The number of nitrogens with two attached hydrogens (primary N) is 1. The van der Waals surface area contributed by atoms with Crippen molar-refractivity contribution in [3.05, 3.63) is 46.8 Å². The quantitative estimate of drug-likeness (QED) is 0.564. The van der Waals surface area contributed by atoms with E-state index in [9.17, 15) is 4.79 Å². The molecule has 0 fully saturated rings. The van der Waals surface area contributed by atoms with E-state index >= 15 is 0 Å². The molecule has 2 aromatic rings. The van der Waals surface area contributed by atoms with E-state index < -0.39 is 12.3 Å². The number of nitrogens with zero attached hydrogens (tertiary/aromatic N) is 4. The predicted octanol–water partition coefficient (Wildman–Crippen LogP) is 2.02. The maximum atomic E-state index is 12.8. The highest BCUT2D eigenvalue weighted by molar-refractivity contribution is 5.92. The van der Waals surface area contributed by atoms with Crippen LogP contribution in [0.3, 0.4) is 0 Å². The number of quaternary nitrogens is 1. The number of ether oxygens (including phenoxy) is 2. The summed E-state index contributed by atoms with van der Waals surface area (Å²) in [5.74, 6) is 0.957. The molecular weight excluding hydrogens is 372 g/mol. The number of rotatable bonds is 6. The molecule has 1 unspecified atom stereocenters. The maximum Gasteiger partial charge on any atom is 0.426 e. The summed E-state index contributed by atoms with van der Waals surface area (Å²) in [5, 5.41) is 12.2. The summed E-state index contributed by atoms with van der Waals surface area (Å²) < 4.78 is 10.6. The molecule has 3 heterocycles. The molecule has 1 atom stereocenters. The fourth-order valence-corrected chi connectivity index (χ4v) is 3.82. The third kappa shape index (κ3) is 3.59. The number of aromatic nitrogens is 2. The number of amides is 2. The van der Waals surface area contributed by atoms with Gasteiger partial charge in [-0.15, -0.1) is 4.48 Å². The van der Waals surface area contributed by atoms with Crippen molar-refractivity contribution < 1.29 is 14.3 Å². The number of urea groups is 1. The van der Waals surface area contributed by atoms with Gasteiger partial charge >= 0.3 is 6.03 Å².